The summed E-state index contributed by atoms with van der Waals surface area (Å²) in [6.45, 7) is 1.54. The van der Waals surface area contributed by atoms with Gasteiger partial charge in [-0.3, -0.25) is 14.4 Å². The van der Waals surface area contributed by atoms with Gasteiger partial charge >= 0.3 is 5.97 Å². The summed E-state index contributed by atoms with van der Waals surface area (Å²) in [5, 5.41) is 13.4. The molecule has 5 heteroatoms. The van der Waals surface area contributed by atoms with Crippen LogP contribution in [0.5, 0.6) is 0 Å². The standard InChI is InChI=1S/C12H19N3O2/c1-14-10(6-7-13-14)9-15-8-4-2-3-5-11(15)12(16)17/h6-7,11H,2-5,8-9H2,1H3,(H,16,17). The number of likely N-dealkylation sites (tertiary alicyclic amines) is 1. The molecule has 1 unspecified atom stereocenters. The Balaban J connectivity index is 2.10. The zero-order valence-corrected chi connectivity index (χ0v) is 10.2. The number of hydrogen-bond acceptors (Lipinski definition) is 3. The molecule has 0 radical (unpaired) electrons. The highest BCUT2D eigenvalue weighted by Crippen LogP contribution is 2.19. The lowest BCUT2D eigenvalue weighted by atomic mass is 10.1. The number of carboxylic acid groups (broad SMARTS) is 1. The maximum absolute atomic E-state index is 11.3. The van der Waals surface area contributed by atoms with Gasteiger partial charge in [0.25, 0.3) is 0 Å². The minimum Gasteiger partial charge on any atom is -0.480 e. The third-order valence-electron chi connectivity index (χ3n) is 3.44. The highest BCUT2D eigenvalue weighted by atomic mass is 16.4. The number of carbonyl (C=O) groups is 1. The minimum atomic E-state index is -0.700. The molecular weight excluding hydrogens is 218 g/mol. The average Bonchev–Trinajstić information content (AvgIpc) is 2.55. The summed E-state index contributed by atoms with van der Waals surface area (Å²) < 4.78 is 1.81. The molecule has 0 spiro atoms. The van der Waals surface area contributed by atoms with Crippen LogP contribution in [-0.4, -0.2) is 38.3 Å². The van der Waals surface area contributed by atoms with Crippen LogP contribution in [0.15, 0.2) is 12.3 Å². The predicted octanol–water partition coefficient (Wildman–Crippen LogP) is 1.25. The third kappa shape index (κ3) is 2.85. The second-order valence-corrected chi connectivity index (χ2v) is 4.62. The molecule has 1 aromatic rings. The van der Waals surface area contributed by atoms with Crippen LogP contribution >= 0.6 is 0 Å². The maximum atomic E-state index is 11.3. The summed E-state index contributed by atoms with van der Waals surface area (Å²) >= 11 is 0. The zero-order valence-electron chi connectivity index (χ0n) is 10.2. The zero-order chi connectivity index (χ0) is 12.3. The molecule has 0 aromatic carbocycles. The van der Waals surface area contributed by atoms with Crippen molar-refractivity contribution in [1.29, 1.82) is 0 Å². The summed E-state index contributed by atoms with van der Waals surface area (Å²) in [6.07, 6.45) is 5.74. The van der Waals surface area contributed by atoms with Gasteiger partial charge in [0.2, 0.25) is 0 Å². The van der Waals surface area contributed by atoms with E-state index in [4.69, 9.17) is 0 Å². The summed E-state index contributed by atoms with van der Waals surface area (Å²) in [7, 11) is 1.89. The van der Waals surface area contributed by atoms with E-state index in [2.05, 4.69) is 10.00 Å². The lowest BCUT2D eigenvalue weighted by molar-refractivity contribution is -0.143. The number of rotatable bonds is 3. The molecule has 2 heterocycles. The first-order chi connectivity index (χ1) is 8.18. The molecule has 1 aliphatic heterocycles. The molecule has 0 bridgehead atoms. The molecule has 0 amide bonds. The van der Waals surface area contributed by atoms with Gasteiger partial charge in [-0.15, -0.1) is 0 Å². The fourth-order valence-electron chi connectivity index (χ4n) is 2.40. The van der Waals surface area contributed by atoms with E-state index >= 15 is 0 Å². The molecular formula is C12H19N3O2. The van der Waals surface area contributed by atoms with Gasteiger partial charge in [-0.2, -0.15) is 5.10 Å². The smallest absolute Gasteiger partial charge is 0.320 e. The van der Waals surface area contributed by atoms with E-state index in [1.165, 1.54) is 0 Å². The molecule has 94 valence electrons. The molecule has 1 fully saturated rings. The van der Waals surface area contributed by atoms with Crippen molar-refractivity contribution in [1.82, 2.24) is 14.7 Å². The number of aryl methyl sites for hydroxylation is 1. The van der Waals surface area contributed by atoms with E-state index in [0.717, 1.165) is 37.9 Å². The Morgan fingerprint density at radius 3 is 3.00 bits per heavy atom. The molecule has 0 saturated carbocycles. The van der Waals surface area contributed by atoms with Crippen LogP contribution < -0.4 is 0 Å². The van der Waals surface area contributed by atoms with E-state index in [9.17, 15) is 9.90 Å². The second-order valence-electron chi connectivity index (χ2n) is 4.62. The Hall–Kier alpha value is -1.36. The van der Waals surface area contributed by atoms with E-state index in [1.54, 1.807) is 6.20 Å². The number of aliphatic carboxylic acids is 1. The number of aromatic nitrogens is 2. The average molecular weight is 237 g/mol. The van der Waals surface area contributed by atoms with Crippen molar-refractivity contribution in [2.24, 2.45) is 7.05 Å². The number of carboxylic acids is 1. The second kappa shape index (κ2) is 5.31. The van der Waals surface area contributed by atoms with Crippen molar-refractivity contribution in [3.05, 3.63) is 18.0 Å². The topological polar surface area (TPSA) is 58.4 Å². The van der Waals surface area contributed by atoms with E-state index in [-0.39, 0.29) is 6.04 Å². The van der Waals surface area contributed by atoms with Crippen LogP contribution in [0.4, 0.5) is 0 Å². The fourth-order valence-corrected chi connectivity index (χ4v) is 2.40. The van der Waals surface area contributed by atoms with Gasteiger partial charge in [-0.05, 0) is 25.5 Å². The predicted molar refractivity (Wildman–Crippen MR) is 63.5 cm³/mol. The first kappa shape index (κ1) is 12.1. The molecule has 1 aliphatic rings. The van der Waals surface area contributed by atoms with E-state index in [0.29, 0.717) is 6.54 Å². The van der Waals surface area contributed by atoms with Gasteiger partial charge in [0.15, 0.2) is 0 Å². The molecule has 2 rings (SSSR count). The normalized spacial score (nSPS) is 22.3. The highest BCUT2D eigenvalue weighted by Gasteiger charge is 2.27. The number of nitrogens with zero attached hydrogens (tertiary/aromatic N) is 3. The Labute approximate surface area is 101 Å². The Morgan fingerprint density at radius 2 is 2.35 bits per heavy atom. The third-order valence-corrected chi connectivity index (χ3v) is 3.44. The summed E-state index contributed by atoms with van der Waals surface area (Å²) in [5.41, 5.74) is 1.07. The summed E-state index contributed by atoms with van der Waals surface area (Å²) in [4.78, 5) is 13.3. The van der Waals surface area contributed by atoms with E-state index in [1.807, 2.05) is 17.8 Å². The SMILES string of the molecule is Cn1nccc1CN1CCCCCC1C(=O)O. The van der Waals surface area contributed by atoms with Crippen molar-refractivity contribution < 1.29 is 9.90 Å². The van der Waals surface area contributed by atoms with Gasteiger partial charge in [-0.1, -0.05) is 12.8 Å². The van der Waals surface area contributed by atoms with Crippen molar-refractivity contribution >= 4 is 5.97 Å². The van der Waals surface area contributed by atoms with Gasteiger partial charge in [0.05, 0.1) is 5.69 Å². The lowest BCUT2D eigenvalue weighted by Gasteiger charge is -2.26. The van der Waals surface area contributed by atoms with Crippen LogP contribution in [0.3, 0.4) is 0 Å². The fraction of sp³-hybridized carbons (Fsp3) is 0.667. The molecule has 17 heavy (non-hydrogen) atoms. The van der Waals surface area contributed by atoms with Crippen molar-refractivity contribution in [2.45, 2.75) is 38.3 Å². The summed E-state index contributed by atoms with van der Waals surface area (Å²) in [6, 6.07) is 1.61. The quantitative estimate of drug-likeness (QED) is 0.859. The van der Waals surface area contributed by atoms with Crippen molar-refractivity contribution in [2.75, 3.05) is 6.54 Å². The van der Waals surface area contributed by atoms with Crippen LogP contribution in [0.1, 0.15) is 31.4 Å². The van der Waals surface area contributed by atoms with Crippen LogP contribution in [0, 0.1) is 0 Å². The van der Waals surface area contributed by atoms with Gasteiger partial charge in [-0.25, -0.2) is 0 Å². The molecule has 0 aliphatic carbocycles. The minimum absolute atomic E-state index is 0.340. The van der Waals surface area contributed by atoms with Crippen molar-refractivity contribution in [3.63, 3.8) is 0 Å². The molecule has 1 aromatic heterocycles. The van der Waals surface area contributed by atoms with Crippen LogP contribution in [0.25, 0.3) is 0 Å². The lowest BCUT2D eigenvalue weighted by Crippen LogP contribution is -2.40. The van der Waals surface area contributed by atoms with Crippen LogP contribution in [0.2, 0.25) is 0 Å². The maximum Gasteiger partial charge on any atom is 0.320 e. The Morgan fingerprint density at radius 1 is 1.53 bits per heavy atom. The van der Waals surface area contributed by atoms with Crippen LogP contribution in [-0.2, 0) is 18.4 Å². The summed E-state index contributed by atoms with van der Waals surface area (Å²) in [5.74, 6) is -0.700. The van der Waals surface area contributed by atoms with Gasteiger partial charge in [0, 0.05) is 19.8 Å². The van der Waals surface area contributed by atoms with Crippen molar-refractivity contribution in [3.8, 4) is 0 Å². The monoisotopic (exact) mass is 237 g/mol. The largest absolute Gasteiger partial charge is 0.480 e. The molecule has 5 nitrogen and oxygen atoms in total. The number of hydrogen-bond donors (Lipinski definition) is 1. The highest BCUT2D eigenvalue weighted by molar-refractivity contribution is 5.73. The first-order valence-corrected chi connectivity index (χ1v) is 6.12. The molecule has 1 saturated heterocycles. The first-order valence-electron chi connectivity index (χ1n) is 6.12. The molecule has 1 atom stereocenters. The molecule has 1 N–H and O–H groups in total. The Bertz CT molecular complexity index is 389. The van der Waals surface area contributed by atoms with Gasteiger partial charge < -0.3 is 5.11 Å². The Kier molecular flexibility index (Phi) is 3.78. The van der Waals surface area contributed by atoms with E-state index < -0.39 is 5.97 Å². The van der Waals surface area contributed by atoms with Gasteiger partial charge in [0.1, 0.15) is 6.04 Å².